The number of benzene rings is 3. The van der Waals surface area contributed by atoms with Crippen molar-refractivity contribution in [1.82, 2.24) is 0 Å². The van der Waals surface area contributed by atoms with Crippen LogP contribution in [0.15, 0.2) is 72.8 Å². The summed E-state index contributed by atoms with van der Waals surface area (Å²) in [7, 11) is 1.56. The zero-order chi connectivity index (χ0) is 22.2. The summed E-state index contributed by atoms with van der Waals surface area (Å²) in [5.74, 6) is -0.605. The third-order valence-electron chi connectivity index (χ3n) is 4.23. The summed E-state index contributed by atoms with van der Waals surface area (Å²) in [5.41, 5.74) is 1.35. The van der Waals surface area contributed by atoms with Crippen molar-refractivity contribution >= 4 is 29.2 Å². The minimum absolute atomic E-state index is 0.125. The van der Waals surface area contributed by atoms with Gasteiger partial charge in [0.2, 0.25) is 0 Å². The molecule has 2 amide bonds. The molecule has 0 aromatic heterocycles. The molecule has 0 aliphatic heterocycles. The molecule has 3 aromatic carbocycles. The van der Waals surface area contributed by atoms with Crippen molar-refractivity contribution in [3.05, 3.63) is 83.9 Å². The first-order valence-corrected chi connectivity index (χ1v) is 9.26. The molecular formula is C23H20N2O6. The highest BCUT2D eigenvalue weighted by molar-refractivity contribution is 6.05. The molecule has 0 spiro atoms. The fraction of sp³-hybridized carbons (Fsp3) is 0.0870. The maximum Gasteiger partial charge on any atom is 0.335 e. The monoisotopic (exact) mass is 420 g/mol. The zero-order valence-electron chi connectivity index (χ0n) is 16.6. The van der Waals surface area contributed by atoms with Gasteiger partial charge in [0.1, 0.15) is 11.5 Å². The Morgan fingerprint density at radius 2 is 1.48 bits per heavy atom. The second-order valence-corrected chi connectivity index (χ2v) is 6.43. The Morgan fingerprint density at radius 3 is 2.13 bits per heavy atom. The van der Waals surface area contributed by atoms with Crippen LogP contribution in [0.5, 0.6) is 11.5 Å². The lowest BCUT2D eigenvalue weighted by molar-refractivity contribution is -0.118. The summed E-state index contributed by atoms with van der Waals surface area (Å²) in [4.78, 5) is 35.5. The Balaban J connectivity index is 1.56. The van der Waals surface area contributed by atoms with Crippen LogP contribution in [0.25, 0.3) is 0 Å². The van der Waals surface area contributed by atoms with E-state index in [0.717, 1.165) is 0 Å². The van der Waals surface area contributed by atoms with Crippen LogP contribution in [0.1, 0.15) is 20.7 Å². The minimum Gasteiger partial charge on any atom is -0.497 e. The highest BCUT2D eigenvalue weighted by atomic mass is 16.5. The Kier molecular flexibility index (Phi) is 6.85. The van der Waals surface area contributed by atoms with Crippen LogP contribution >= 0.6 is 0 Å². The average molecular weight is 420 g/mol. The quantitative estimate of drug-likeness (QED) is 0.512. The third kappa shape index (κ3) is 6.07. The predicted octanol–water partition coefficient (Wildman–Crippen LogP) is 3.66. The number of amides is 2. The number of rotatable bonds is 8. The molecule has 8 nitrogen and oxygen atoms in total. The molecule has 31 heavy (non-hydrogen) atoms. The average Bonchev–Trinajstić information content (AvgIpc) is 2.78. The number of aromatic carboxylic acids is 1. The molecule has 158 valence electrons. The fourth-order valence-electron chi connectivity index (χ4n) is 2.66. The Morgan fingerprint density at radius 1 is 0.806 bits per heavy atom. The minimum atomic E-state index is -1.04. The molecule has 3 aromatic rings. The van der Waals surface area contributed by atoms with Gasteiger partial charge in [-0.25, -0.2) is 4.79 Å². The van der Waals surface area contributed by atoms with E-state index in [0.29, 0.717) is 28.4 Å². The van der Waals surface area contributed by atoms with Crippen molar-refractivity contribution in [2.45, 2.75) is 0 Å². The topological polar surface area (TPSA) is 114 Å². The van der Waals surface area contributed by atoms with Gasteiger partial charge >= 0.3 is 5.97 Å². The highest BCUT2D eigenvalue weighted by Gasteiger charge is 2.10. The molecule has 0 atom stereocenters. The van der Waals surface area contributed by atoms with Crippen LogP contribution < -0.4 is 20.1 Å². The molecule has 3 rings (SSSR count). The van der Waals surface area contributed by atoms with E-state index in [2.05, 4.69) is 10.6 Å². The van der Waals surface area contributed by atoms with Gasteiger partial charge in [0.05, 0.1) is 12.7 Å². The van der Waals surface area contributed by atoms with Gasteiger partial charge in [0, 0.05) is 16.9 Å². The molecule has 0 aliphatic carbocycles. The van der Waals surface area contributed by atoms with Crippen LogP contribution in [0.2, 0.25) is 0 Å². The van der Waals surface area contributed by atoms with Crippen LogP contribution in [-0.4, -0.2) is 36.6 Å². The maximum atomic E-state index is 12.5. The van der Waals surface area contributed by atoms with E-state index in [1.54, 1.807) is 49.6 Å². The van der Waals surface area contributed by atoms with Crippen molar-refractivity contribution in [3.8, 4) is 11.5 Å². The zero-order valence-corrected chi connectivity index (χ0v) is 16.6. The molecule has 0 saturated heterocycles. The van der Waals surface area contributed by atoms with Gasteiger partial charge in [0.15, 0.2) is 6.61 Å². The van der Waals surface area contributed by atoms with Crippen LogP contribution in [0, 0.1) is 0 Å². The number of carbonyl (C=O) groups is 3. The van der Waals surface area contributed by atoms with Gasteiger partial charge in [-0.15, -0.1) is 0 Å². The summed E-state index contributed by atoms with van der Waals surface area (Å²) < 4.78 is 10.5. The molecule has 0 aliphatic rings. The summed E-state index contributed by atoms with van der Waals surface area (Å²) in [5, 5.41) is 14.3. The lowest BCUT2D eigenvalue weighted by Crippen LogP contribution is -2.20. The first-order chi connectivity index (χ1) is 14.9. The van der Waals surface area contributed by atoms with Crippen molar-refractivity contribution in [2.24, 2.45) is 0 Å². The second-order valence-electron chi connectivity index (χ2n) is 6.43. The Hall–Kier alpha value is -4.33. The Bertz CT molecular complexity index is 1080. The normalized spacial score (nSPS) is 10.1. The number of carboxylic acids is 1. The number of hydrogen-bond donors (Lipinski definition) is 3. The van der Waals surface area contributed by atoms with E-state index in [1.165, 1.54) is 30.3 Å². The van der Waals surface area contributed by atoms with E-state index in [9.17, 15) is 14.4 Å². The third-order valence-corrected chi connectivity index (χ3v) is 4.23. The molecule has 0 saturated carbocycles. The number of hydrogen-bond acceptors (Lipinski definition) is 5. The van der Waals surface area contributed by atoms with Gasteiger partial charge in [-0.3, -0.25) is 9.59 Å². The van der Waals surface area contributed by atoms with E-state index in [4.69, 9.17) is 14.6 Å². The summed E-state index contributed by atoms with van der Waals surface area (Å²) in [6.07, 6.45) is 0. The van der Waals surface area contributed by atoms with Crippen LogP contribution in [0.4, 0.5) is 11.4 Å². The summed E-state index contributed by atoms with van der Waals surface area (Å²) >= 11 is 0. The molecule has 3 N–H and O–H groups in total. The molecular weight excluding hydrogens is 400 g/mol. The van der Waals surface area contributed by atoms with E-state index < -0.39 is 11.9 Å². The lowest BCUT2D eigenvalue weighted by atomic mass is 10.1. The largest absolute Gasteiger partial charge is 0.497 e. The standard InChI is InChI=1S/C23H20N2O6/c1-30-19-9-11-20(12-10-19)31-14-21(26)24-18-4-2-3-16(13-18)22(27)25-17-7-5-15(6-8-17)23(28)29/h2-13H,14H2,1H3,(H,24,26)(H,25,27)(H,28,29). The van der Waals surface area contributed by atoms with Gasteiger partial charge in [-0.1, -0.05) is 6.07 Å². The maximum absolute atomic E-state index is 12.5. The smallest absolute Gasteiger partial charge is 0.335 e. The van der Waals surface area contributed by atoms with Crippen LogP contribution in [0.3, 0.4) is 0 Å². The van der Waals surface area contributed by atoms with Gasteiger partial charge < -0.3 is 25.2 Å². The van der Waals surface area contributed by atoms with E-state index in [1.807, 2.05) is 0 Å². The van der Waals surface area contributed by atoms with Gasteiger partial charge in [0.25, 0.3) is 11.8 Å². The molecule has 0 heterocycles. The number of methoxy groups -OCH3 is 1. The molecule has 0 unspecified atom stereocenters. The first-order valence-electron chi connectivity index (χ1n) is 9.26. The number of nitrogens with one attached hydrogen (secondary N) is 2. The number of ether oxygens (including phenoxy) is 2. The van der Waals surface area contributed by atoms with Crippen molar-refractivity contribution in [3.63, 3.8) is 0 Å². The van der Waals surface area contributed by atoms with Crippen LogP contribution in [-0.2, 0) is 4.79 Å². The van der Waals surface area contributed by atoms with Crippen molar-refractivity contribution < 1.29 is 29.0 Å². The predicted molar refractivity (Wildman–Crippen MR) is 115 cm³/mol. The van der Waals surface area contributed by atoms with Gasteiger partial charge in [-0.05, 0) is 66.7 Å². The van der Waals surface area contributed by atoms with E-state index in [-0.39, 0.29) is 18.1 Å². The van der Waals surface area contributed by atoms with Crippen molar-refractivity contribution in [1.29, 1.82) is 0 Å². The fourth-order valence-corrected chi connectivity index (χ4v) is 2.66. The SMILES string of the molecule is COc1ccc(OCC(=O)Nc2cccc(C(=O)Nc3ccc(C(=O)O)cc3)c2)cc1. The summed E-state index contributed by atoms with van der Waals surface area (Å²) in [6.45, 7) is -0.196. The molecule has 8 heteroatoms. The van der Waals surface area contributed by atoms with Gasteiger partial charge in [-0.2, -0.15) is 0 Å². The number of carbonyl (C=O) groups excluding carboxylic acids is 2. The molecule has 0 bridgehead atoms. The highest BCUT2D eigenvalue weighted by Crippen LogP contribution is 2.18. The summed E-state index contributed by atoms with van der Waals surface area (Å²) in [6, 6.07) is 19.1. The van der Waals surface area contributed by atoms with E-state index >= 15 is 0 Å². The van der Waals surface area contributed by atoms with Crippen molar-refractivity contribution in [2.75, 3.05) is 24.4 Å². The molecule has 0 radical (unpaired) electrons. The second kappa shape index (κ2) is 9.93. The number of carboxylic acid groups (broad SMARTS) is 1. The lowest BCUT2D eigenvalue weighted by Gasteiger charge is -2.10. The Labute approximate surface area is 178 Å². The first kappa shape index (κ1) is 21.4. The molecule has 0 fully saturated rings. The number of anilines is 2.